The average Bonchev–Trinajstić information content (AvgIpc) is 3.65. The lowest BCUT2D eigenvalue weighted by Crippen LogP contribution is -2.39. The Kier molecular flexibility index (Phi) is 7.59. The van der Waals surface area contributed by atoms with Crippen LogP contribution < -0.4 is 15.4 Å². The number of hydrogen-bond acceptors (Lipinski definition) is 6. The number of aromatic nitrogens is 5. The van der Waals surface area contributed by atoms with Gasteiger partial charge >= 0.3 is 6.03 Å². The monoisotopic (exact) mass is 462 g/mol. The fraction of sp³-hybridized carbons (Fsp3) is 0.333. The Labute approximate surface area is 198 Å². The van der Waals surface area contributed by atoms with E-state index in [-0.39, 0.29) is 6.03 Å². The largest absolute Gasteiger partial charge is 0.492 e. The second kappa shape index (κ2) is 11.2. The van der Waals surface area contributed by atoms with Gasteiger partial charge in [-0.15, -0.1) is 5.10 Å². The standard InChI is InChI=1S/C22H24N8O2.C2H6/c31-22(30-10-1-2-11-30)23-9-12-32-18-6-3-15(4-7-18)20-26-21(29-28-20)25-17-5-8-19-16(13-17)14-24-27-19;1-2/h3-8,13-14H,1-2,9-12H2,(H,23,31)(H,24,27)(H2,25,26,28,29);1-2H3. The Morgan fingerprint density at radius 3 is 2.68 bits per heavy atom. The first-order chi connectivity index (χ1) is 16.7. The van der Waals surface area contributed by atoms with Gasteiger partial charge in [0.2, 0.25) is 5.95 Å². The molecule has 0 unspecified atom stereocenters. The van der Waals surface area contributed by atoms with Gasteiger partial charge in [0.25, 0.3) is 0 Å². The highest BCUT2D eigenvalue weighted by atomic mass is 16.5. The molecule has 0 bridgehead atoms. The highest BCUT2D eigenvalue weighted by molar-refractivity contribution is 5.82. The molecule has 3 heterocycles. The minimum Gasteiger partial charge on any atom is -0.492 e. The molecule has 1 fully saturated rings. The molecule has 0 atom stereocenters. The Morgan fingerprint density at radius 2 is 1.88 bits per heavy atom. The van der Waals surface area contributed by atoms with E-state index in [1.54, 1.807) is 6.20 Å². The minimum atomic E-state index is -0.0131. The van der Waals surface area contributed by atoms with Crippen LogP contribution in [-0.2, 0) is 0 Å². The minimum absolute atomic E-state index is 0.0131. The van der Waals surface area contributed by atoms with Gasteiger partial charge in [0.15, 0.2) is 5.82 Å². The SMILES string of the molecule is CC.O=C(NCCOc1ccc(-c2nc(Nc3ccc4[nH]ncc4c3)n[nH]2)cc1)N1CCCC1. The predicted octanol–water partition coefficient (Wildman–Crippen LogP) is 4.30. The van der Waals surface area contributed by atoms with Crippen LogP contribution in [0.15, 0.2) is 48.7 Å². The third-order valence-corrected chi connectivity index (χ3v) is 5.35. The van der Waals surface area contributed by atoms with E-state index < -0.39 is 0 Å². The number of urea groups is 1. The van der Waals surface area contributed by atoms with Crippen molar-refractivity contribution in [2.24, 2.45) is 0 Å². The van der Waals surface area contributed by atoms with Gasteiger partial charge in [0, 0.05) is 29.7 Å². The van der Waals surface area contributed by atoms with E-state index >= 15 is 0 Å². The van der Waals surface area contributed by atoms with Crippen molar-refractivity contribution in [1.29, 1.82) is 0 Å². The van der Waals surface area contributed by atoms with Crippen molar-refractivity contribution < 1.29 is 9.53 Å². The third-order valence-electron chi connectivity index (χ3n) is 5.35. The maximum Gasteiger partial charge on any atom is 0.317 e. The number of amides is 2. The van der Waals surface area contributed by atoms with Gasteiger partial charge in [-0.2, -0.15) is 10.1 Å². The number of nitrogens with zero attached hydrogens (tertiary/aromatic N) is 4. The number of carbonyl (C=O) groups is 1. The number of nitrogens with one attached hydrogen (secondary N) is 4. The highest BCUT2D eigenvalue weighted by Crippen LogP contribution is 2.23. The fourth-order valence-corrected chi connectivity index (χ4v) is 3.66. The quantitative estimate of drug-likeness (QED) is 0.304. The molecule has 4 N–H and O–H groups in total. The lowest BCUT2D eigenvalue weighted by Gasteiger charge is -2.16. The second-order valence-corrected chi connectivity index (χ2v) is 7.60. The molecule has 1 aliphatic heterocycles. The Hall–Kier alpha value is -4.08. The molecule has 2 amide bonds. The first-order valence-corrected chi connectivity index (χ1v) is 11.6. The average molecular weight is 463 g/mol. The van der Waals surface area contributed by atoms with E-state index in [9.17, 15) is 4.79 Å². The lowest BCUT2D eigenvalue weighted by atomic mass is 10.2. The summed E-state index contributed by atoms with van der Waals surface area (Å²) in [6.07, 6.45) is 3.94. The summed E-state index contributed by atoms with van der Waals surface area (Å²) < 4.78 is 5.72. The number of H-pyrrole nitrogens is 2. The molecular weight excluding hydrogens is 432 g/mol. The number of hydrogen-bond donors (Lipinski definition) is 4. The molecule has 1 aliphatic rings. The number of rotatable bonds is 7. The Balaban J connectivity index is 0.00000133. The summed E-state index contributed by atoms with van der Waals surface area (Å²) >= 11 is 0. The molecule has 0 radical (unpaired) electrons. The third kappa shape index (κ3) is 5.64. The number of anilines is 2. The van der Waals surface area contributed by atoms with Crippen molar-refractivity contribution in [3.63, 3.8) is 0 Å². The topological polar surface area (TPSA) is 124 Å². The number of benzene rings is 2. The second-order valence-electron chi connectivity index (χ2n) is 7.60. The van der Waals surface area contributed by atoms with Gasteiger partial charge in [-0.25, -0.2) is 4.79 Å². The van der Waals surface area contributed by atoms with Crippen LogP contribution in [0.25, 0.3) is 22.3 Å². The molecule has 1 saturated heterocycles. The molecule has 2 aromatic carbocycles. The normalized spacial score (nSPS) is 12.8. The zero-order chi connectivity index (χ0) is 23.8. The summed E-state index contributed by atoms with van der Waals surface area (Å²) in [6, 6.07) is 13.4. The van der Waals surface area contributed by atoms with Gasteiger partial charge in [-0.1, -0.05) is 13.8 Å². The summed E-state index contributed by atoms with van der Waals surface area (Å²) in [5.74, 6) is 1.87. The van der Waals surface area contributed by atoms with E-state index in [1.165, 1.54) is 0 Å². The summed E-state index contributed by atoms with van der Waals surface area (Å²) in [4.78, 5) is 18.3. The molecule has 10 heteroatoms. The van der Waals surface area contributed by atoms with Gasteiger partial charge in [0.1, 0.15) is 12.4 Å². The smallest absolute Gasteiger partial charge is 0.317 e. The summed E-state index contributed by atoms with van der Waals surface area (Å²) in [5.41, 5.74) is 2.75. The molecule has 0 aliphatic carbocycles. The van der Waals surface area contributed by atoms with Crippen molar-refractivity contribution in [3.05, 3.63) is 48.7 Å². The van der Waals surface area contributed by atoms with Crippen molar-refractivity contribution in [3.8, 4) is 17.1 Å². The lowest BCUT2D eigenvalue weighted by molar-refractivity contribution is 0.205. The molecule has 0 saturated carbocycles. The zero-order valence-corrected chi connectivity index (χ0v) is 19.5. The van der Waals surface area contributed by atoms with Crippen molar-refractivity contribution in [2.75, 3.05) is 31.6 Å². The molecule has 34 heavy (non-hydrogen) atoms. The van der Waals surface area contributed by atoms with Gasteiger partial charge in [-0.05, 0) is 55.3 Å². The molecular formula is C24H30N8O2. The summed E-state index contributed by atoms with van der Waals surface area (Å²) in [7, 11) is 0. The molecule has 178 valence electrons. The van der Waals surface area contributed by atoms with Crippen LogP contribution in [0.5, 0.6) is 5.75 Å². The van der Waals surface area contributed by atoms with Gasteiger partial charge in [-0.3, -0.25) is 10.2 Å². The van der Waals surface area contributed by atoms with Crippen molar-refractivity contribution in [2.45, 2.75) is 26.7 Å². The van der Waals surface area contributed by atoms with Crippen molar-refractivity contribution >= 4 is 28.6 Å². The number of fused-ring (bicyclic) bond motifs is 1. The summed E-state index contributed by atoms with van der Waals surface area (Å²) in [6.45, 7) is 6.56. The van der Waals surface area contributed by atoms with Crippen LogP contribution in [0.4, 0.5) is 16.4 Å². The van der Waals surface area contributed by atoms with Gasteiger partial charge < -0.3 is 20.3 Å². The first kappa shape index (κ1) is 23.1. The van der Waals surface area contributed by atoms with E-state index in [0.29, 0.717) is 24.9 Å². The molecule has 0 spiro atoms. The molecule has 5 rings (SSSR count). The van der Waals surface area contributed by atoms with Crippen LogP contribution in [0.2, 0.25) is 0 Å². The van der Waals surface area contributed by atoms with Crippen LogP contribution in [0, 0.1) is 0 Å². The zero-order valence-electron chi connectivity index (χ0n) is 19.5. The highest BCUT2D eigenvalue weighted by Gasteiger charge is 2.16. The predicted molar refractivity (Wildman–Crippen MR) is 132 cm³/mol. The first-order valence-electron chi connectivity index (χ1n) is 11.6. The van der Waals surface area contributed by atoms with E-state index in [0.717, 1.165) is 53.8 Å². The number of aromatic amines is 2. The Bertz CT molecular complexity index is 1200. The fourth-order valence-electron chi connectivity index (χ4n) is 3.66. The number of ether oxygens (including phenoxy) is 1. The molecule has 2 aromatic heterocycles. The Morgan fingerprint density at radius 1 is 1.09 bits per heavy atom. The van der Waals surface area contributed by atoms with Crippen LogP contribution in [-0.4, -0.2) is 62.6 Å². The molecule has 4 aromatic rings. The molecule has 10 nitrogen and oxygen atoms in total. The van der Waals surface area contributed by atoms with E-state index in [4.69, 9.17) is 4.74 Å². The van der Waals surface area contributed by atoms with E-state index in [2.05, 4.69) is 36.0 Å². The van der Waals surface area contributed by atoms with Crippen molar-refractivity contribution in [1.82, 2.24) is 35.6 Å². The summed E-state index contributed by atoms with van der Waals surface area (Å²) in [5, 5.41) is 21.2. The van der Waals surface area contributed by atoms with Gasteiger partial charge in [0.05, 0.1) is 18.3 Å². The van der Waals surface area contributed by atoms with E-state index in [1.807, 2.05) is 61.2 Å². The van der Waals surface area contributed by atoms with Crippen LogP contribution in [0.3, 0.4) is 0 Å². The van der Waals surface area contributed by atoms with Crippen LogP contribution >= 0.6 is 0 Å². The number of carbonyl (C=O) groups excluding carboxylic acids is 1. The van der Waals surface area contributed by atoms with Crippen LogP contribution in [0.1, 0.15) is 26.7 Å². The maximum atomic E-state index is 12.0. The number of likely N-dealkylation sites (tertiary alicyclic amines) is 1. The maximum absolute atomic E-state index is 12.0.